The van der Waals surface area contributed by atoms with E-state index in [1.807, 2.05) is 0 Å². The number of nitrogens with one attached hydrogen (secondary N) is 1. The molecule has 1 aliphatic heterocycles. The lowest BCUT2D eigenvalue weighted by molar-refractivity contribution is -0.142. The van der Waals surface area contributed by atoms with Crippen LogP contribution in [0.2, 0.25) is 0 Å². The summed E-state index contributed by atoms with van der Waals surface area (Å²) in [6.07, 6.45) is 7.02. The van der Waals surface area contributed by atoms with Gasteiger partial charge in [0.15, 0.2) is 0 Å². The highest BCUT2D eigenvalue weighted by molar-refractivity contribution is 5.69. The van der Waals surface area contributed by atoms with E-state index < -0.39 is 0 Å². The summed E-state index contributed by atoms with van der Waals surface area (Å²) >= 11 is 0. The highest BCUT2D eigenvalue weighted by Crippen LogP contribution is 2.26. The van der Waals surface area contributed by atoms with E-state index in [1.165, 1.54) is 39.2 Å². The zero-order valence-electron chi connectivity index (χ0n) is 10.8. The smallest absolute Gasteiger partial charge is 0.307 e. The molecule has 0 aromatic heterocycles. The summed E-state index contributed by atoms with van der Waals surface area (Å²) in [6, 6.07) is 1.03. The van der Waals surface area contributed by atoms with Gasteiger partial charge in [0.25, 0.3) is 0 Å². The van der Waals surface area contributed by atoms with E-state index in [0.717, 1.165) is 19.6 Å². The van der Waals surface area contributed by atoms with Gasteiger partial charge in [-0.15, -0.1) is 0 Å². The van der Waals surface area contributed by atoms with Gasteiger partial charge in [0.2, 0.25) is 0 Å². The van der Waals surface area contributed by atoms with Gasteiger partial charge >= 0.3 is 5.97 Å². The van der Waals surface area contributed by atoms with Crippen LogP contribution in [-0.2, 0) is 9.53 Å². The van der Waals surface area contributed by atoms with Crippen LogP contribution < -0.4 is 5.32 Å². The second-order valence-electron chi connectivity index (χ2n) is 5.17. The van der Waals surface area contributed by atoms with Gasteiger partial charge in [-0.1, -0.05) is 12.8 Å². The summed E-state index contributed by atoms with van der Waals surface area (Å²) in [6.45, 7) is 3.12. The van der Waals surface area contributed by atoms with Gasteiger partial charge < -0.3 is 10.1 Å². The van der Waals surface area contributed by atoms with Crippen molar-refractivity contribution in [3.8, 4) is 0 Å². The first-order chi connectivity index (χ1) is 8.31. The SMILES string of the molecule is COC(=O)CC1CNCCCN1C1CCCC1. The molecule has 0 spiro atoms. The standard InChI is InChI=1S/C13H24N2O2/c1-17-13(16)9-12-10-14-7-4-8-15(12)11-5-2-3-6-11/h11-12,14H,2-10H2,1H3. The highest BCUT2D eigenvalue weighted by atomic mass is 16.5. The van der Waals surface area contributed by atoms with Crippen molar-refractivity contribution in [1.82, 2.24) is 10.2 Å². The van der Waals surface area contributed by atoms with Crippen LogP contribution in [0, 0.1) is 0 Å². The van der Waals surface area contributed by atoms with Crippen molar-refractivity contribution in [2.45, 2.75) is 50.6 Å². The van der Waals surface area contributed by atoms with Gasteiger partial charge in [0.05, 0.1) is 13.5 Å². The average Bonchev–Trinajstić information content (AvgIpc) is 2.77. The molecular formula is C13H24N2O2. The Morgan fingerprint density at radius 3 is 2.82 bits per heavy atom. The third kappa shape index (κ3) is 3.42. The van der Waals surface area contributed by atoms with Crippen LogP contribution in [-0.4, -0.2) is 49.7 Å². The van der Waals surface area contributed by atoms with E-state index >= 15 is 0 Å². The van der Waals surface area contributed by atoms with Gasteiger partial charge in [-0.25, -0.2) is 0 Å². The molecule has 1 atom stereocenters. The van der Waals surface area contributed by atoms with E-state index in [2.05, 4.69) is 10.2 Å². The van der Waals surface area contributed by atoms with Gasteiger partial charge in [0.1, 0.15) is 0 Å². The molecule has 2 fully saturated rings. The maximum Gasteiger partial charge on any atom is 0.307 e. The van der Waals surface area contributed by atoms with Gasteiger partial charge in [-0.2, -0.15) is 0 Å². The normalized spacial score (nSPS) is 27.9. The number of esters is 1. The third-order valence-corrected chi connectivity index (χ3v) is 4.04. The topological polar surface area (TPSA) is 41.6 Å². The quantitative estimate of drug-likeness (QED) is 0.752. The minimum atomic E-state index is -0.0818. The van der Waals surface area contributed by atoms with Gasteiger partial charge in [-0.3, -0.25) is 9.69 Å². The number of nitrogens with zero attached hydrogens (tertiary/aromatic N) is 1. The Bertz CT molecular complexity index is 252. The van der Waals surface area contributed by atoms with E-state index in [0.29, 0.717) is 18.5 Å². The lowest BCUT2D eigenvalue weighted by Gasteiger charge is -2.34. The number of hydrogen-bond donors (Lipinski definition) is 1. The Morgan fingerprint density at radius 1 is 1.35 bits per heavy atom. The molecule has 1 saturated heterocycles. The lowest BCUT2D eigenvalue weighted by Crippen LogP contribution is -2.46. The van der Waals surface area contributed by atoms with Gasteiger partial charge in [-0.05, 0) is 32.4 Å². The summed E-state index contributed by atoms with van der Waals surface area (Å²) in [5.74, 6) is -0.0818. The van der Waals surface area contributed by atoms with Gasteiger partial charge in [0, 0.05) is 18.6 Å². The van der Waals surface area contributed by atoms with Crippen molar-refractivity contribution in [1.29, 1.82) is 0 Å². The zero-order chi connectivity index (χ0) is 12.1. The Labute approximate surface area is 104 Å². The molecular weight excluding hydrogens is 216 g/mol. The predicted octanol–water partition coefficient (Wildman–Crippen LogP) is 1.16. The lowest BCUT2D eigenvalue weighted by atomic mass is 10.1. The molecule has 0 aromatic carbocycles. The molecule has 98 valence electrons. The summed E-state index contributed by atoms with van der Waals surface area (Å²) in [5.41, 5.74) is 0. The van der Waals surface area contributed by atoms with Crippen LogP contribution in [0.15, 0.2) is 0 Å². The van der Waals surface area contributed by atoms with Crippen LogP contribution >= 0.6 is 0 Å². The summed E-state index contributed by atoms with van der Waals surface area (Å²) < 4.78 is 4.81. The highest BCUT2D eigenvalue weighted by Gasteiger charge is 2.30. The number of carbonyl (C=O) groups excluding carboxylic acids is 1. The van der Waals surface area contributed by atoms with Crippen molar-refractivity contribution in [2.75, 3.05) is 26.7 Å². The molecule has 0 aromatic rings. The molecule has 1 unspecified atom stereocenters. The summed E-state index contributed by atoms with van der Waals surface area (Å²) in [5, 5.41) is 3.43. The second-order valence-corrected chi connectivity index (χ2v) is 5.17. The predicted molar refractivity (Wildman–Crippen MR) is 66.9 cm³/mol. The van der Waals surface area contributed by atoms with Crippen molar-refractivity contribution in [3.05, 3.63) is 0 Å². The third-order valence-electron chi connectivity index (χ3n) is 4.04. The fraction of sp³-hybridized carbons (Fsp3) is 0.923. The monoisotopic (exact) mass is 240 g/mol. The Balaban J connectivity index is 1.98. The van der Waals surface area contributed by atoms with Crippen LogP contribution in [0.1, 0.15) is 38.5 Å². The summed E-state index contributed by atoms with van der Waals surface area (Å²) in [4.78, 5) is 14.0. The van der Waals surface area contributed by atoms with Crippen LogP contribution in [0.4, 0.5) is 0 Å². The first kappa shape index (κ1) is 12.8. The molecule has 2 rings (SSSR count). The number of carbonyl (C=O) groups is 1. The zero-order valence-corrected chi connectivity index (χ0v) is 10.8. The summed E-state index contributed by atoms with van der Waals surface area (Å²) in [7, 11) is 1.48. The fourth-order valence-electron chi connectivity index (χ4n) is 3.14. The molecule has 2 aliphatic rings. The molecule has 0 bridgehead atoms. The van der Waals surface area contributed by atoms with Crippen LogP contribution in [0.25, 0.3) is 0 Å². The molecule has 1 heterocycles. The fourth-order valence-corrected chi connectivity index (χ4v) is 3.14. The molecule has 17 heavy (non-hydrogen) atoms. The molecule has 0 amide bonds. The van der Waals surface area contributed by atoms with Crippen molar-refractivity contribution in [3.63, 3.8) is 0 Å². The number of rotatable bonds is 3. The minimum absolute atomic E-state index is 0.0818. The van der Waals surface area contributed by atoms with Crippen LogP contribution in [0.3, 0.4) is 0 Å². The van der Waals surface area contributed by atoms with E-state index in [9.17, 15) is 4.79 Å². The maximum atomic E-state index is 11.5. The molecule has 1 saturated carbocycles. The Morgan fingerprint density at radius 2 is 2.12 bits per heavy atom. The molecule has 4 heteroatoms. The second kappa shape index (κ2) is 6.36. The largest absolute Gasteiger partial charge is 0.469 e. The van der Waals surface area contributed by atoms with Crippen molar-refractivity contribution < 1.29 is 9.53 Å². The maximum absolute atomic E-state index is 11.5. The molecule has 0 radical (unpaired) electrons. The average molecular weight is 240 g/mol. The van der Waals surface area contributed by atoms with E-state index in [1.54, 1.807) is 0 Å². The van der Waals surface area contributed by atoms with E-state index in [4.69, 9.17) is 4.74 Å². The first-order valence-electron chi connectivity index (χ1n) is 6.84. The Kier molecular flexibility index (Phi) is 4.80. The number of hydrogen-bond acceptors (Lipinski definition) is 4. The van der Waals surface area contributed by atoms with Crippen LogP contribution in [0.5, 0.6) is 0 Å². The molecule has 1 aliphatic carbocycles. The number of ether oxygens (including phenoxy) is 1. The minimum Gasteiger partial charge on any atom is -0.469 e. The molecule has 1 N–H and O–H groups in total. The first-order valence-corrected chi connectivity index (χ1v) is 6.84. The van der Waals surface area contributed by atoms with Crippen molar-refractivity contribution >= 4 is 5.97 Å². The molecule has 4 nitrogen and oxygen atoms in total. The Hall–Kier alpha value is -0.610. The number of methoxy groups -OCH3 is 1. The van der Waals surface area contributed by atoms with Crippen molar-refractivity contribution in [2.24, 2.45) is 0 Å². The van der Waals surface area contributed by atoms with E-state index in [-0.39, 0.29) is 5.97 Å².